The molecule has 1 aliphatic heterocycles. The summed E-state index contributed by atoms with van der Waals surface area (Å²) in [6.07, 6.45) is 1.29. The fraction of sp³-hybridized carbons (Fsp3) is 0.556. The molecule has 0 spiro atoms. The van der Waals surface area contributed by atoms with Crippen LogP contribution in [0, 0.1) is 0 Å². The normalized spacial score (nSPS) is 18.2. The molecule has 0 fully saturated rings. The molecule has 4 nitrogen and oxygen atoms in total. The standard InChI is InChI=1S/C9H13NO3/c1-6-4-7(12)10(8(6)13)9(2,3)5-11/h4,11H,5H2,1-3H3. The minimum atomic E-state index is -0.817. The van der Waals surface area contributed by atoms with Gasteiger partial charge in [-0.25, -0.2) is 0 Å². The van der Waals surface area contributed by atoms with E-state index in [0.29, 0.717) is 5.57 Å². The number of rotatable bonds is 2. The Kier molecular flexibility index (Phi) is 2.26. The first-order chi connectivity index (χ1) is 5.90. The topological polar surface area (TPSA) is 57.6 Å². The van der Waals surface area contributed by atoms with E-state index in [9.17, 15) is 9.59 Å². The lowest BCUT2D eigenvalue weighted by Crippen LogP contribution is -2.50. The maximum absolute atomic E-state index is 11.4. The zero-order valence-electron chi connectivity index (χ0n) is 8.00. The Hall–Kier alpha value is -1.16. The van der Waals surface area contributed by atoms with E-state index < -0.39 is 5.54 Å². The summed E-state index contributed by atoms with van der Waals surface area (Å²) in [6, 6.07) is 0. The molecule has 1 rings (SSSR count). The molecule has 0 aromatic carbocycles. The SMILES string of the molecule is CC1=CC(=O)N(C(C)(C)CO)C1=O. The largest absolute Gasteiger partial charge is 0.394 e. The second-order valence-electron chi connectivity index (χ2n) is 3.78. The van der Waals surface area contributed by atoms with Crippen molar-refractivity contribution in [3.8, 4) is 0 Å². The quantitative estimate of drug-likeness (QED) is 0.616. The first-order valence-electron chi connectivity index (χ1n) is 4.08. The summed E-state index contributed by atoms with van der Waals surface area (Å²) in [4.78, 5) is 23.9. The summed E-state index contributed by atoms with van der Waals surface area (Å²) in [5, 5.41) is 9.01. The van der Waals surface area contributed by atoms with Crippen molar-refractivity contribution in [1.29, 1.82) is 0 Å². The Morgan fingerprint density at radius 3 is 2.31 bits per heavy atom. The van der Waals surface area contributed by atoms with E-state index in [1.807, 2.05) is 0 Å². The monoisotopic (exact) mass is 183 g/mol. The van der Waals surface area contributed by atoms with E-state index in [1.54, 1.807) is 20.8 Å². The van der Waals surface area contributed by atoms with Gasteiger partial charge in [-0.1, -0.05) is 0 Å². The molecule has 0 aromatic heterocycles. The highest BCUT2D eigenvalue weighted by Crippen LogP contribution is 2.22. The van der Waals surface area contributed by atoms with E-state index in [2.05, 4.69) is 0 Å². The number of carbonyl (C=O) groups excluding carboxylic acids is 2. The van der Waals surface area contributed by atoms with E-state index in [1.165, 1.54) is 6.08 Å². The maximum atomic E-state index is 11.4. The average molecular weight is 183 g/mol. The van der Waals surface area contributed by atoms with Gasteiger partial charge in [0.15, 0.2) is 0 Å². The maximum Gasteiger partial charge on any atom is 0.257 e. The van der Waals surface area contributed by atoms with E-state index in [4.69, 9.17) is 5.11 Å². The summed E-state index contributed by atoms with van der Waals surface area (Å²) in [6.45, 7) is 4.66. The van der Waals surface area contributed by atoms with Gasteiger partial charge in [-0.05, 0) is 20.8 Å². The van der Waals surface area contributed by atoms with Crippen LogP contribution >= 0.6 is 0 Å². The van der Waals surface area contributed by atoms with Crippen LogP contribution in [0.4, 0.5) is 0 Å². The zero-order valence-corrected chi connectivity index (χ0v) is 8.00. The molecule has 1 aliphatic rings. The van der Waals surface area contributed by atoms with Crippen LogP contribution in [0.5, 0.6) is 0 Å². The number of nitrogens with zero attached hydrogens (tertiary/aromatic N) is 1. The molecule has 0 saturated carbocycles. The lowest BCUT2D eigenvalue weighted by atomic mass is 10.0. The lowest BCUT2D eigenvalue weighted by Gasteiger charge is -2.31. The predicted octanol–water partition coefficient (Wildman–Crippen LogP) is 0.0724. The fourth-order valence-corrected chi connectivity index (χ4v) is 1.23. The van der Waals surface area contributed by atoms with Gasteiger partial charge < -0.3 is 5.11 Å². The van der Waals surface area contributed by atoms with Crippen molar-refractivity contribution in [2.45, 2.75) is 26.3 Å². The Bertz CT molecular complexity index is 291. The van der Waals surface area contributed by atoms with Crippen molar-refractivity contribution < 1.29 is 14.7 Å². The predicted molar refractivity (Wildman–Crippen MR) is 46.8 cm³/mol. The third-order valence-corrected chi connectivity index (χ3v) is 2.09. The van der Waals surface area contributed by atoms with Crippen LogP contribution in [-0.2, 0) is 9.59 Å². The van der Waals surface area contributed by atoms with Crippen LogP contribution in [0.15, 0.2) is 11.6 Å². The van der Waals surface area contributed by atoms with Gasteiger partial charge in [0.1, 0.15) is 0 Å². The molecule has 0 aromatic rings. The number of carbonyl (C=O) groups is 2. The zero-order chi connectivity index (χ0) is 10.2. The summed E-state index contributed by atoms with van der Waals surface area (Å²) < 4.78 is 0. The van der Waals surface area contributed by atoms with Crippen molar-refractivity contribution in [1.82, 2.24) is 4.90 Å². The molecule has 13 heavy (non-hydrogen) atoms. The number of imide groups is 1. The molecule has 0 aliphatic carbocycles. The minimum Gasteiger partial charge on any atom is -0.394 e. The highest BCUT2D eigenvalue weighted by atomic mass is 16.3. The number of aliphatic hydroxyl groups is 1. The number of amides is 2. The van der Waals surface area contributed by atoms with Crippen molar-refractivity contribution >= 4 is 11.8 Å². The Morgan fingerprint density at radius 1 is 1.46 bits per heavy atom. The first kappa shape index (κ1) is 9.92. The summed E-state index contributed by atoms with van der Waals surface area (Å²) >= 11 is 0. The van der Waals surface area contributed by atoms with Crippen LogP contribution in [0.25, 0.3) is 0 Å². The molecule has 72 valence electrons. The first-order valence-corrected chi connectivity index (χ1v) is 4.08. The van der Waals surface area contributed by atoms with E-state index >= 15 is 0 Å². The van der Waals surface area contributed by atoms with E-state index in [-0.39, 0.29) is 18.4 Å². The molecule has 0 radical (unpaired) electrons. The molecule has 1 N–H and O–H groups in total. The van der Waals surface area contributed by atoms with Gasteiger partial charge in [-0.15, -0.1) is 0 Å². The van der Waals surface area contributed by atoms with Crippen LogP contribution in [0.2, 0.25) is 0 Å². The van der Waals surface area contributed by atoms with Crippen molar-refractivity contribution in [3.05, 3.63) is 11.6 Å². The number of hydrogen-bond acceptors (Lipinski definition) is 3. The Labute approximate surface area is 76.8 Å². The smallest absolute Gasteiger partial charge is 0.257 e. The molecule has 4 heteroatoms. The summed E-state index contributed by atoms with van der Waals surface area (Å²) in [5.41, 5.74) is -0.394. The van der Waals surface area contributed by atoms with E-state index in [0.717, 1.165) is 4.90 Å². The van der Waals surface area contributed by atoms with Crippen molar-refractivity contribution in [2.24, 2.45) is 0 Å². The summed E-state index contributed by atoms with van der Waals surface area (Å²) in [5.74, 6) is -0.661. The van der Waals surface area contributed by atoms with Crippen molar-refractivity contribution in [2.75, 3.05) is 6.61 Å². The summed E-state index contributed by atoms with van der Waals surface area (Å²) in [7, 11) is 0. The van der Waals surface area contributed by atoms with Gasteiger partial charge in [0.2, 0.25) is 0 Å². The molecular weight excluding hydrogens is 170 g/mol. The van der Waals surface area contributed by atoms with Crippen LogP contribution in [-0.4, -0.2) is 34.0 Å². The van der Waals surface area contributed by atoms with Crippen LogP contribution < -0.4 is 0 Å². The third kappa shape index (κ3) is 1.49. The number of aliphatic hydroxyl groups excluding tert-OH is 1. The molecule has 0 atom stereocenters. The third-order valence-electron chi connectivity index (χ3n) is 2.09. The van der Waals surface area contributed by atoms with Gasteiger partial charge in [0.25, 0.3) is 11.8 Å². The Morgan fingerprint density at radius 2 is 2.00 bits per heavy atom. The van der Waals surface area contributed by atoms with Crippen LogP contribution in [0.3, 0.4) is 0 Å². The van der Waals surface area contributed by atoms with Crippen molar-refractivity contribution in [3.63, 3.8) is 0 Å². The highest BCUT2D eigenvalue weighted by molar-refractivity contribution is 6.16. The lowest BCUT2D eigenvalue weighted by molar-refractivity contribution is -0.144. The fourth-order valence-electron chi connectivity index (χ4n) is 1.23. The molecule has 0 saturated heterocycles. The Balaban J connectivity index is 2.98. The van der Waals surface area contributed by atoms with Gasteiger partial charge in [0, 0.05) is 11.6 Å². The second kappa shape index (κ2) is 2.96. The second-order valence-corrected chi connectivity index (χ2v) is 3.78. The highest BCUT2D eigenvalue weighted by Gasteiger charge is 2.39. The minimum absolute atomic E-state index is 0.231. The number of hydrogen-bond donors (Lipinski definition) is 1. The van der Waals surface area contributed by atoms with Crippen LogP contribution in [0.1, 0.15) is 20.8 Å². The average Bonchev–Trinajstić information content (AvgIpc) is 2.27. The van der Waals surface area contributed by atoms with Gasteiger partial charge >= 0.3 is 0 Å². The molecule has 1 heterocycles. The molecular formula is C9H13NO3. The van der Waals surface area contributed by atoms with Gasteiger partial charge in [0.05, 0.1) is 12.1 Å². The van der Waals surface area contributed by atoms with Gasteiger partial charge in [-0.2, -0.15) is 0 Å². The molecule has 0 unspecified atom stereocenters. The molecule has 0 bridgehead atoms. The van der Waals surface area contributed by atoms with Gasteiger partial charge in [-0.3, -0.25) is 14.5 Å². The molecule has 2 amide bonds.